The molecule has 0 radical (unpaired) electrons. The van der Waals surface area contributed by atoms with Crippen molar-refractivity contribution in [1.29, 1.82) is 0 Å². The van der Waals surface area contributed by atoms with Crippen molar-refractivity contribution in [2.45, 2.75) is 0 Å². The van der Waals surface area contributed by atoms with Crippen molar-refractivity contribution in [3.63, 3.8) is 0 Å². The fourth-order valence-corrected chi connectivity index (χ4v) is 3.06. The Hall–Kier alpha value is -4.22. The third-order valence-corrected chi connectivity index (χ3v) is 4.62. The van der Waals surface area contributed by atoms with E-state index in [1.165, 1.54) is 30.5 Å². The molecule has 0 saturated heterocycles. The molecule has 11 nitrogen and oxygen atoms in total. The molecule has 33 heavy (non-hydrogen) atoms. The molecule has 0 spiro atoms. The standard InChI is InChI=1S/C20H12Cl2N4O7/c21-12-7-15(19(27)16(22)8-12)20(28)24-23-10-11-1-4-14(5-2-11)33-18-6-3-13(25(29)30)9-17(18)26(31)32/h1-10,27H,(H,24,28)/b23-10-. The Morgan fingerprint density at radius 2 is 1.73 bits per heavy atom. The zero-order chi connectivity index (χ0) is 24.1. The molecule has 2 N–H and O–H groups in total. The number of non-ortho nitro benzene ring substituents is 1. The molecular formula is C20H12Cl2N4O7. The van der Waals surface area contributed by atoms with Gasteiger partial charge >= 0.3 is 5.69 Å². The molecule has 1 amide bonds. The number of carbonyl (C=O) groups excluding carboxylic acids is 1. The maximum absolute atomic E-state index is 12.2. The second-order valence-electron chi connectivity index (χ2n) is 6.32. The minimum absolute atomic E-state index is 0.0829. The zero-order valence-electron chi connectivity index (χ0n) is 16.3. The number of hydrogen-bond donors (Lipinski definition) is 2. The lowest BCUT2D eigenvalue weighted by Crippen LogP contribution is -2.17. The van der Waals surface area contributed by atoms with Crippen LogP contribution in [0.3, 0.4) is 0 Å². The minimum Gasteiger partial charge on any atom is -0.506 e. The molecule has 13 heteroatoms. The number of nitrogens with one attached hydrogen (secondary N) is 1. The third-order valence-electron chi connectivity index (χ3n) is 4.11. The number of phenolic OH excluding ortho intramolecular Hbond substituents is 1. The van der Waals surface area contributed by atoms with Crippen molar-refractivity contribution in [2.75, 3.05) is 0 Å². The van der Waals surface area contributed by atoms with E-state index >= 15 is 0 Å². The van der Waals surface area contributed by atoms with Gasteiger partial charge in [0.05, 0.1) is 32.7 Å². The van der Waals surface area contributed by atoms with Crippen LogP contribution in [-0.4, -0.2) is 27.1 Å². The second kappa shape index (κ2) is 9.94. The van der Waals surface area contributed by atoms with Gasteiger partial charge in [0.2, 0.25) is 5.75 Å². The van der Waals surface area contributed by atoms with Gasteiger partial charge in [-0.25, -0.2) is 5.43 Å². The number of carbonyl (C=O) groups is 1. The van der Waals surface area contributed by atoms with Crippen LogP contribution in [0.4, 0.5) is 11.4 Å². The molecule has 0 atom stereocenters. The quantitative estimate of drug-likeness (QED) is 0.265. The number of halogens is 2. The van der Waals surface area contributed by atoms with Gasteiger partial charge in [0.1, 0.15) is 11.5 Å². The molecule has 0 aliphatic heterocycles. The van der Waals surface area contributed by atoms with E-state index in [0.717, 1.165) is 18.2 Å². The summed E-state index contributed by atoms with van der Waals surface area (Å²) in [4.78, 5) is 32.6. The van der Waals surface area contributed by atoms with Gasteiger partial charge in [0.25, 0.3) is 11.6 Å². The average Bonchev–Trinajstić information content (AvgIpc) is 2.77. The highest BCUT2D eigenvalue weighted by Crippen LogP contribution is 2.34. The summed E-state index contributed by atoms with van der Waals surface area (Å²) in [5, 5.41) is 35.7. The van der Waals surface area contributed by atoms with E-state index < -0.39 is 32.9 Å². The number of amides is 1. The van der Waals surface area contributed by atoms with E-state index in [2.05, 4.69) is 10.5 Å². The molecule has 0 bridgehead atoms. The number of ether oxygens (including phenoxy) is 1. The number of hydrogen-bond acceptors (Lipinski definition) is 8. The molecule has 0 aliphatic carbocycles. The number of nitrogens with zero attached hydrogens (tertiary/aromatic N) is 3. The number of phenols is 1. The van der Waals surface area contributed by atoms with Crippen molar-refractivity contribution < 1.29 is 24.5 Å². The molecule has 0 fully saturated rings. The van der Waals surface area contributed by atoms with E-state index in [1.54, 1.807) is 12.1 Å². The predicted octanol–water partition coefficient (Wildman–Crippen LogP) is 5.07. The van der Waals surface area contributed by atoms with E-state index in [1.807, 2.05) is 0 Å². The molecule has 0 unspecified atom stereocenters. The lowest BCUT2D eigenvalue weighted by molar-refractivity contribution is -0.394. The number of benzene rings is 3. The van der Waals surface area contributed by atoms with E-state index in [-0.39, 0.29) is 27.1 Å². The second-order valence-corrected chi connectivity index (χ2v) is 7.16. The Morgan fingerprint density at radius 1 is 1.03 bits per heavy atom. The molecule has 0 aromatic heterocycles. The van der Waals surface area contributed by atoms with Crippen LogP contribution in [0.15, 0.2) is 59.7 Å². The lowest BCUT2D eigenvalue weighted by atomic mass is 10.2. The Labute approximate surface area is 195 Å². The summed E-state index contributed by atoms with van der Waals surface area (Å²) < 4.78 is 5.47. The highest BCUT2D eigenvalue weighted by Gasteiger charge is 2.21. The molecule has 3 aromatic carbocycles. The monoisotopic (exact) mass is 490 g/mol. The van der Waals surface area contributed by atoms with Crippen molar-refractivity contribution in [3.8, 4) is 17.2 Å². The van der Waals surface area contributed by atoms with Crippen LogP contribution in [0.25, 0.3) is 0 Å². The first-order chi connectivity index (χ1) is 15.7. The number of aromatic hydroxyl groups is 1. The first-order valence-corrected chi connectivity index (χ1v) is 9.63. The van der Waals surface area contributed by atoms with Crippen molar-refractivity contribution in [2.24, 2.45) is 5.10 Å². The Balaban J connectivity index is 1.69. The van der Waals surface area contributed by atoms with Gasteiger partial charge in [-0.15, -0.1) is 0 Å². The molecule has 0 heterocycles. The van der Waals surface area contributed by atoms with Gasteiger partial charge in [0.15, 0.2) is 0 Å². The smallest absolute Gasteiger partial charge is 0.318 e. The maximum atomic E-state index is 12.2. The summed E-state index contributed by atoms with van der Waals surface area (Å²) >= 11 is 11.6. The fraction of sp³-hybridized carbons (Fsp3) is 0. The van der Waals surface area contributed by atoms with Gasteiger partial charge in [0, 0.05) is 11.1 Å². The highest BCUT2D eigenvalue weighted by atomic mass is 35.5. The van der Waals surface area contributed by atoms with Crippen LogP contribution >= 0.6 is 23.2 Å². The first-order valence-electron chi connectivity index (χ1n) is 8.88. The Bertz CT molecular complexity index is 1280. The van der Waals surface area contributed by atoms with Crippen molar-refractivity contribution in [3.05, 3.63) is 96.0 Å². The summed E-state index contributed by atoms with van der Waals surface area (Å²) in [6.45, 7) is 0. The number of nitro benzene ring substituents is 2. The van der Waals surface area contributed by atoms with Crippen LogP contribution in [0.5, 0.6) is 17.2 Å². The largest absolute Gasteiger partial charge is 0.506 e. The molecule has 3 rings (SSSR count). The van der Waals surface area contributed by atoms with Crippen LogP contribution < -0.4 is 10.2 Å². The highest BCUT2D eigenvalue weighted by molar-refractivity contribution is 6.36. The molecular weight excluding hydrogens is 479 g/mol. The van der Waals surface area contributed by atoms with Gasteiger partial charge in [-0.05, 0) is 48.0 Å². The molecule has 0 saturated carbocycles. The lowest BCUT2D eigenvalue weighted by Gasteiger charge is -2.07. The number of nitro groups is 2. The van der Waals surface area contributed by atoms with Crippen LogP contribution in [-0.2, 0) is 0 Å². The van der Waals surface area contributed by atoms with Crippen LogP contribution in [0.1, 0.15) is 15.9 Å². The maximum Gasteiger partial charge on any atom is 0.318 e. The summed E-state index contributed by atoms with van der Waals surface area (Å²) in [6.07, 6.45) is 1.30. The molecule has 3 aromatic rings. The Kier molecular flexibility index (Phi) is 7.06. The van der Waals surface area contributed by atoms with E-state index in [0.29, 0.717) is 5.56 Å². The topological polar surface area (TPSA) is 157 Å². The summed E-state index contributed by atoms with van der Waals surface area (Å²) in [6, 6.07) is 11.6. The zero-order valence-corrected chi connectivity index (χ0v) is 17.8. The van der Waals surface area contributed by atoms with Crippen molar-refractivity contribution in [1.82, 2.24) is 5.43 Å². The van der Waals surface area contributed by atoms with Crippen LogP contribution in [0.2, 0.25) is 10.0 Å². The van der Waals surface area contributed by atoms with E-state index in [4.69, 9.17) is 27.9 Å². The van der Waals surface area contributed by atoms with Gasteiger partial charge in [-0.2, -0.15) is 5.10 Å². The van der Waals surface area contributed by atoms with E-state index in [9.17, 15) is 30.1 Å². The minimum atomic E-state index is -0.781. The van der Waals surface area contributed by atoms with Crippen molar-refractivity contribution >= 4 is 46.7 Å². The molecule has 0 aliphatic rings. The Morgan fingerprint density at radius 3 is 2.36 bits per heavy atom. The summed E-state index contributed by atoms with van der Waals surface area (Å²) in [5.41, 5.74) is 1.62. The van der Waals surface area contributed by atoms with Gasteiger partial charge < -0.3 is 9.84 Å². The predicted molar refractivity (Wildman–Crippen MR) is 119 cm³/mol. The summed E-state index contributed by atoms with van der Waals surface area (Å²) in [5.74, 6) is -1.11. The normalized spacial score (nSPS) is 10.7. The van der Waals surface area contributed by atoms with Gasteiger partial charge in [-0.1, -0.05) is 23.2 Å². The average molecular weight is 491 g/mol. The summed E-state index contributed by atoms with van der Waals surface area (Å²) in [7, 11) is 0. The first kappa shape index (κ1) is 23.4. The third kappa shape index (κ3) is 5.73. The van der Waals surface area contributed by atoms with Gasteiger partial charge in [-0.3, -0.25) is 25.0 Å². The molecule has 168 valence electrons. The SMILES string of the molecule is O=C(N/N=C\c1ccc(Oc2ccc([N+](=O)[O-])cc2[N+](=O)[O-])cc1)c1cc(Cl)cc(Cl)c1O. The number of rotatable bonds is 7. The number of hydrazone groups is 1. The fourth-order valence-electron chi connectivity index (χ4n) is 2.56. The van der Waals surface area contributed by atoms with Crippen LogP contribution in [0, 0.1) is 20.2 Å².